The second-order valence-corrected chi connectivity index (χ2v) is 4.95. The average Bonchev–Trinajstić information content (AvgIpc) is 2.37. The van der Waals surface area contributed by atoms with Gasteiger partial charge >= 0.3 is 0 Å². The lowest BCUT2D eigenvalue weighted by Gasteiger charge is -2.17. The topological polar surface area (TPSA) is 29.3 Å². The van der Waals surface area contributed by atoms with Crippen LogP contribution in [0.25, 0.3) is 0 Å². The Kier molecular flexibility index (Phi) is 4.17. The van der Waals surface area contributed by atoms with Crippen LogP contribution in [0.3, 0.4) is 0 Å². The molecule has 2 aromatic rings. The van der Waals surface area contributed by atoms with Crippen molar-refractivity contribution in [2.75, 3.05) is 12.8 Å². The standard InChI is InChI=1S/C16H19FN2/c1-12-9-13(7-8-16(12)18)10-19(2)11-14-5-3-4-6-15(14)17/h3-9H,10-11,18H2,1-2H3. The lowest BCUT2D eigenvalue weighted by molar-refractivity contribution is 0.313. The fourth-order valence-corrected chi connectivity index (χ4v) is 2.12. The zero-order valence-electron chi connectivity index (χ0n) is 11.4. The molecule has 0 saturated carbocycles. The quantitative estimate of drug-likeness (QED) is 0.852. The summed E-state index contributed by atoms with van der Waals surface area (Å²) in [6.07, 6.45) is 0. The van der Waals surface area contributed by atoms with Gasteiger partial charge in [-0.05, 0) is 37.2 Å². The molecule has 19 heavy (non-hydrogen) atoms. The third-order valence-corrected chi connectivity index (χ3v) is 3.18. The Morgan fingerprint density at radius 3 is 2.53 bits per heavy atom. The SMILES string of the molecule is Cc1cc(CN(C)Cc2ccccc2F)ccc1N. The third kappa shape index (κ3) is 3.55. The summed E-state index contributed by atoms with van der Waals surface area (Å²) in [6.45, 7) is 3.36. The third-order valence-electron chi connectivity index (χ3n) is 3.18. The van der Waals surface area contributed by atoms with Crippen molar-refractivity contribution in [1.82, 2.24) is 4.90 Å². The zero-order valence-corrected chi connectivity index (χ0v) is 11.4. The summed E-state index contributed by atoms with van der Waals surface area (Å²) in [7, 11) is 1.98. The van der Waals surface area contributed by atoms with Gasteiger partial charge in [0.1, 0.15) is 5.82 Å². The maximum absolute atomic E-state index is 13.6. The van der Waals surface area contributed by atoms with Crippen LogP contribution in [0.2, 0.25) is 0 Å². The molecular formula is C16H19FN2. The molecule has 0 heterocycles. The van der Waals surface area contributed by atoms with Gasteiger partial charge in [-0.25, -0.2) is 4.39 Å². The molecule has 0 spiro atoms. The molecule has 0 saturated heterocycles. The summed E-state index contributed by atoms with van der Waals surface area (Å²) in [5, 5.41) is 0. The first-order chi connectivity index (χ1) is 9.06. The molecule has 0 bridgehead atoms. The molecule has 2 N–H and O–H groups in total. The summed E-state index contributed by atoms with van der Waals surface area (Å²) in [5.74, 6) is -0.150. The molecular weight excluding hydrogens is 239 g/mol. The highest BCUT2D eigenvalue weighted by atomic mass is 19.1. The second-order valence-electron chi connectivity index (χ2n) is 4.95. The Morgan fingerprint density at radius 1 is 1.11 bits per heavy atom. The fourth-order valence-electron chi connectivity index (χ4n) is 2.12. The zero-order chi connectivity index (χ0) is 13.8. The maximum Gasteiger partial charge on any atom is 0.127 e. The first-order valence-electron chi connectivity index (χ1n) is 6.33. The van der Waals surface area contributed by atoms with Gasteiger partial charge in [-0.3, -0.25) is 4.90 Å². The van der Waals surface area contributed by atoms with Crippen LogP contribution in [0.15, 0.2) is 42.5 Å². The van der Waals surface area contributed by atoms with E-state index in [4.69, 9.17) is 5.73 Å². The van der Waals surface area contributed by atoms with Crippen LogP contribution in [-0.4, -0.2) is 11.9 Å². The number of halogens is 1. The second kappa shape index (κ2) is 5.85. The van der Waals surface area contributed by atoms with Crippen molar-refractivity contribution in [3.8, 4) is 0 Å². The average molecular weight is 258 g/mol. The van der Waals surface area contributed by atoms with Gasteiger partial charge in [0.2, 0.25) is 0 Å². The van der Waals surface area contributed by atoms with Crippen molar-refractivity contribution in [3.63, 3.8) is 0 Å². The number of hydrogen-bond donors (Lipinski definition) is 1. The fraction of sp³-hybridized carbons (Fsp3) is 0.250. The number of anilines is 1. The molecule has 0 amide bonds. The summed E-state index contributed by atoms with van der Waals surface area (Å²) >= 11 is 0. The van der Waals surface area contributed by atoms with Gasteiger partial charge in [-0.2, -0.15) is 0 Å². The van der Waals surface area contributed by atoms with Gasteiger partial charge in [0.15, 0.2) is 0 Å². The number of rotatable bonds is 4. The predicted molar refractivity (Wildman–Crippen MR) is 77.2 cm³/mol. The minimum atomic E-state index is -0.150. The Balaban J connectivity index is 2.03. The van der Waals surface area contributed by atoms with Crippen LogP contribution < -0.4 is 5.73 Å². The molecule has 2 nitrogen and oxygen atoms in total. The largest absolute Gasteiger partial charge is 0.399 e. The molecule has 0 aliphatic rings. The first-order valence-corrected chi connectivity index (χ1v) is 6.33. The molecule has 100 valence electrons. The summed E-state index contributed by atoms with van der Waals surface area (Å²) in [6, 6.07) is 12.9. The number of aryl methyl sites for hydroxylation is 1. The van der Waals surface area contributed by atoms with E-state index in [0.29, 0.717) is 6.54 Å². The van der Waals surface area contributed by atoms with E-state index < -0.39 is 0 Å². The van der Waals surface area contributed by atoms with Crippen molar-refractivity contribution in [2.24, 2.45) is 0 Å². The van der Waals surface area contributed by atoms with E-state index in [2.05, 4.69) is 11.0 Å². The van der Waals surface area contributed by atoms with Crippen molar-refractivity contribution >= 4 is 5.69 Å². The molecule has 0 aliphatic carbocycles. The minimum absolute atomic E-state index is 0.150. The molecule has 0 aliphatic heterocycles. The van der Waals surface area contributed by atoms with Gasteiger partial charge in [-0.15, -0.1) is 0 Å². The highest BCUT2D eigenvalue weighted by molar-refractivity contribution is 5.47. The van der Waals surface area contributed by atoms with Crippen LogP contribution in [0.5, 0.6) is 0 Å². The maximum atomic E-state index is 13.6. The summed E-state index contributed by atoms with van der Waals surface area (Å²) < 4.78 is 13.6. The molecule has 0 atom stereocenters. The van der Waals surface area contributed by atoms with E-state index >= 15 is 0 Å². The molecule has 3 heteroatoms. The van der Waals surface area contributed by atoms with Crippen molar-refractivity contribution in [3.05, 3.63) is 65.0 Å². The Bertz CT molecular complexity index is 566. The van der Waals surface area contributed by atoms with Crippen molar-refractivity contribution in [1.29, 1.82) is 0 Å². The molecule has 0 fully saturated rings. The smallest absolute Gasteiger partial charge is 0.127 e. The van der Waals surface area contributed by atoms with E-state index in [1.807, 2.05) is 38.2 Å². The van der Waals surface area contributed by atoms with Gasteiger partial charge in [0, 0.05) is 24.3 Å². The van der Waals surface area contributed by atoms with Crippen LogP contribution in [-0.2, 0) is 13.1 Å². The number of nitrogens with two attached hydrogens (primary N) is 1. The molecule has 0 aromatic heterocycles. The normalized spacial score (nSPS) is 10.9. The monoisotopic (exact) mass is 258 g/mol. The van der Waals surface area contributed by atoms with E-state index in [-0.39, 0.29) is 5.82 Å². The van der Waals surface area contributed by atoms with Gasteiger partial charge in [-0.1, -0.05) is 30.3 Å². The highest BCUT2D eigenvalue weighted by Crippen LogP contribution is 2.15. The van der Waals surface area contributed by atoms with Crippen LogP contribution in [0, 0.1) is 12.7 Å². The summed E-state index contributed by atoms with van der Waals surface area (Å²) in [5.41, 5.74) is 9.59. The minimum Gasteiger partial charge on any atom is -0.399 e. The summed E-state index contributed by atoms with van der Waals surface area (Å²) in [4.78, 5) is 2.09. The van der Waals surface area contributed by atoms with Gasteiger partial charge < -0.3 is 5.73 Å². The lowest BCUT2D eigenvalue weighted by atomic mass is 10.1. The first kappa shape index (κ1) is 13.6. The Hall–Kier alpha value is -1.87. The number of nitrogens with zero attached hydrogens (tertiary/aromatic N) is 1. The van der Waals surface area contributed by atoms with Gasteiger partial charge in [0.25, 0.3) is 0 Å². The number of hydrogen-bond acceptors (Lipinski definition) is 2. The Morgan fingerprint density at radius 2 is 1.84 bits per heavy atom. The van der Waals surface area contributed by atoms with E-state index in [1.54, 1.807) is 6.07 Å². The lowest BCUT2D eigenvalue weighted by Crippen LogP contribution is -2.18. The van der Waals surface area contributed by atoms with Crippen molar-refractivity contribution in [2.45, 2.75) is 20.0 Å². The predicted octanol–water partition coefficient (Wildman–Crippen LogP) is 3.35. The van der Waals surface area contributed by atoms with Crippen LogP contribution in [0.4, 0.5) is 10.1 Å². The molecule has 2 rings (SSSR count). The number of nitrogen functional groups attached to an aromatic ring is 1. The number of benzene rings is 2. The van der Waals surface area contributed by atoms with Crippen LogP contribution in [0.1, 0.15) is 16.7 Å². The molecule has 2 aromatic carbocycles. The van der Waals surface area contributed by atoms with Crippen molar-refractivity contribution < 1.29 is 4.39 Å². The van der Waals surface area contributed by atoms with E-state index in [9.17, 15) is 4.39 Å². The van der Waals surface area contributed by atoms with E-state index in [0.717, 1.165) is 23.4 Å². The molecule has 0 radical (unpaired) electrons. The molecule has 0 unspecified atom stereocenters. The van der Waals surface area contributed by atoms with Crippen LogP contribution >= 0.6 is 0 Å². The van der Waals surface area contributed by atoms with E-state index in [1.165, 1.54) is 11.6 Å². The highest BCUT2D eigenvalue weighted by Gasteiger charge is 2.06. The van der Waals surface area contributed by atoms with Gasteiger partial charge in [0.05, 0.1) is 0 Å². The Labute approximate surface area is 113 Å².